The molecule has 0 N–H and O–H groups in total. The summed E-state index contributed by atoms with van der Waals surface area (Å²) in [5.41, 5.74) is 18.4. The average molecular weight is 953 g/mol. The highest BCUT2D eigenvalue weighted by Gasteiger charge is 2.42. The van der Waals surface area contributed by atoms with Crippen molar-refractivity contribution < 1.29 is 8.83 Å². The monoisotopic (exact) mass is 952 g/mol. The van der Waals surface area contributed by atoms with Gasteiger partial charge in [0.15, 0.2) is 11.2 Å². The molecule has 5 heteroatoms. The van der Waals surface area contributed by atoms with Crippen LogP contribution < -0.4 is 9.80 Å². The van der Waals surface area contributed by atoms with E-state index in [2.05, 4.69) is 265 Å². The van der Waals surface area contributed by atoms with Gasteiger partial charge in [0, 0.05) is 59.9 Å². The number of thioether (sulfide) groups is 1. The summed E-state index contributed by atoms with van der Waals surface area (Å²) in [6, 6.07) is 89.7. The number of rotatable bonds is 8. The molecule has 0 bridgehead atoms. The van der Waals surface area contributed by atoms with Crippen molar-refractivity contribution in [1.82, 2.24) is 0 Å². The molecule has 0 spiro atoms. The largest absolute Gasteiger partial charge is 0.454 e. The molecule has 2 atom stereocenters. The summed E-state index contributed by atoms with van der Waals surface area (Å²) in [6.45, 7) is 0. The first-order chi connectivity index (χ1) is 36.2. The van der Waals surface area contributed by atoms with E-state index < -0.39 is 0 Å². The zero-order chi connectivity index (χ0) is 48.0. The van der Waals surface area contributed by atoms with Crippen molar-refractivity contribution in [2.75, 3.05) is 9.80 Å². The van der Waals surface area contributed by atoms with Gasteiger partial charge in [-0.1, -0.05) is 194 Å². The second-order valence-electron chi connectivity index (χ2n) is 19.1. The van der Waals surface area contributed by atoms with Crippen molar-refractivity contribution in [1.29, 1.82) is 0 Å². The molecule has 0 saturated heterocycles. The number of fused-ring (bicyclic) bond motifs is 13. The van der Waals surface area contributed by atoms with Crippen LogP contribution in [-0.2, 0) is 0 Å². The molecular formula is C68H44N2O2S. The summed E-state index contributed by atoms with van der Waals surface area (Å²) >= 11 is 1.97. The summed E-state index contributed by atoms with van der Waals surface area (Å²) in [5.74, 6) is 0.104. The maximum Gasteiger partial charge on any atom is 0.159 e. The second-order valence-corrected chi connectivity index (χ2v) is 20.3. The van der Waals surface area contributed by atoms with E-state index in [1.807, 2.05) is 11.8 Å². The first kappa shape index (κ1) is 41.7. The quantitative estimate of drug-likeness (QED) is 0.152. The molecule has 4 nitrogen and oxygen atoms in total. The average Bonchev–Trinajstić information content (AvgIpc) is 4.16. The molecule has 0 amide bonds. The third-order valence-electron chi connectivity index (χ3n) is 15.0. The molecule has 0 radical (unpaired) electrons. The summed E-state index contributed by atoms with van der Waals surface area (Å²) in [6.07, 6.45) is 2.54. The Morgan fingerprint density at radius 3 is 1.47 bits per heavy atom. The first-order valence-electron chi connectivity index (χ1n) is 25.0. The Bertz CT molecular complexity index is 4340. The highest BCUT2D eigenvalue weighted by Crippen LogP contribution is 2.59. The fourth-order valence-corrected chi connectivity index (χ4v) is 13.2. The minimum Gasteiger partial charge on any atom is -0.454 e. The molecule has 73 heavy (non-hydrogen) atoms. The first-order valence-corrected chi connectivity index (χ1v) is 25.8. The molecule has 2 aliphatic rings. The number of furan rings is 2. The molecule has 0 saturated carbocycles. The smallest absolute Gasteiger partial charge is 0.159 e. The topological polar surface area (TPSA) is 32.8 Å². The number of anilines is 5. The summed E-state index contributed by atoms with van der Waals surface area (Å²) in [5, 5.41) is 6.92. The van der Waals surface area contributed by atoms with Crippen LogP contribution in [0.5, 0.6) is 0 Å². The molecule has 13 aromatic rings. The van der Waals surface area contributed by atoms with Gasteiger partial charge in [-0.15, -0.1) is 11.8 Å². The van der Waals surface area contributed by atoms with E-state index in [1.165, 1.54) is 43.5 Å². The number of benzene rings is 11. The highest BCUT2D eigenvalue weighted by atomic mass is 32.2. The van der Waals surface area contributed by atoms with Gasteiger partial charge in [-0.3, -0.25) is 0 Å². The van der Waals surface area contributed by atoms with Crippen molar-refractivity contribution in [2.45, 2.75) is 16.1 Å². The van der Waals surface area contributed by atoms with Crippen molar-refractivity contribution in [3.63, 3.8) is 0 Å². The fourth-order valence-electron chi connectivity index (χ4n) is 11.8. The van der Waals surface area contributed by atoms with E-state index >= 15 is 0 Å². The SMILES string of the molecule is C1=C(N(c2cccc(-c3ccccc3)c2)c2cccc3c2oc2ccccc23)c2ccccc2C2c3c(cc(N(c4cccc(-c5ccccc5)c4)c4cccc5c4oc4ccccc45)c4ccccc34)SC12. The van der Waals surface area contributed by atoms with E-state index in [-0.39, 0.29) is 11.2 Å². The molecule has 1 aliphatic carbocycles. The molecule has 11 aromatic carbocycles. The van der Waals surface area contributed by atoms with E-state index in [4.69, 9.17) is 8.83 Å². The van der Waals surface area contributed by atoms with Gasteiger partial charge < -0.3 is 18.6 Å². The Morgan fingerprint density at radius 2 is 0.836 bits per heavy atom. The van der Waals surface area contributed by atoms with Crippen LogP contribution in [0.1, 0.15) is 22.6 Å². The molecule has 15 rings (SSSR count). The highest BCUT2D eigenvalue weighted by molar-refractivity contribution is 8.00. The van der Waals surface area contributed by atoms with E-state index in [0.717, 1.165) is 89.1 Å². The van der Waals surface area contributed by atoms with Gasteiger partial charge in [0.25, 0.3) is 0 Å². The van der Waals surface area contributed by atoms with Gasteiger partial charge in [0.05, 0.1) is 22.8 Å². The lowest BCUT2D eigenvalue weighted by Gasteiger charge is -2.35. The van der Waals surface area contributed by atoms with Gasteiger partial charge in [0.2, 0.25) is 0 Å². The maximum atomic E-state index is 6.86. The molecule has 344 valence electrons. The summed E-state index contributed by atoms with van der Waals surface area (Å²) in [7, 11) is 0. The van der Waals surface area contributed by atoms with Gasteiger partial charge in [-0.2, -0.15) is 0 Å². The normalized spacial score (nSPS) is 14.9. The summed E-state index contributed by atoms with van der Waals surface area (Å²) in [4.78, 5) is 6.16. The number of hydrogen-bond donors (Lipinski definition) is 0. The van der Waals surface area contributed by atoms with Crippen molar-refractivity contribution >= 4 is 101 Å². The predicted molar refractivity (Wildman–Crippen MR) is 305 cm³/mol. The van der Waals surface area contributed by atoms with Crippen molar-refractivity contribution in [2.24, 2.45) is 0 Å². The van der Waals surface area contributed by atoms with Crippen LogP contribution in [0.2, 0.25) is 0 Å². The van der Waals surface area contributed by atoms with E-state index in [1.54, 1.807) is 0 Å². The predicted octanol–water partition coefficient (Wildman–Crippen LogP) is 19.2. The minimum atomic E-state index is 0.0851. The van der Waals surface area contributed by atoms with Gasteiger partial charge >= 0.3 is 0 Å². The molecule has 1 aliphatic heterocycles. The maximum absolute atomic E-state index is 6.86. The Kier molecular flexibility index (Phi) is 9.60. The van der Waals surface area contributed by atoms with Crippen LogP contribution in [0.3, 0.4) is 0 Å². The molecular weight excluding hydrogens is 909 g/mol. The number of nitrogens with zero attached hydrogens (tertiary/aromatic N) is 2. The number of para-hydroxylation sites is 4. The molecule has 0 fully saturated rings. The lowest BCUT2D eigenvalue weighted by molar-refractivity contribution is 0.668. The Hall–Kier alpha value is -9.03. The Morgan fingerprint density at radius 1 is 0.356 bits per heavy atom. The van der Waals surface area contributed by atoms with Crippen LogP contribution in [-0.4, -0.2) is 5.25 Å². The molecule has 2 unspecified atom stereocenters. The zero-order valence-corrected chi connectivity index (χ0v) is 40.3. The van der Waals surface area contributed by atoms with Crippen molar-refractivity contribution in [3.05, 3.63) is 271 Å². The van der Waals surface area contributed by atoms with Gasteiger partial charge in [-0.25, -0.2) is 0 Å². The molecule has 3 heterocycles. The van der Waals surface area contributed by atoms with Gasteiger partial charge in [-0.05, 0) is 99.4 Å². The fraction of sp³-hybridized carbons (Fsp3) is 0.0294. The zero-order valence-electron chi connectivity index (χ0n) is 39.5. The van der Waals surface area contributed by atoms with Gasteiger partial charge in [0.1, 0.15) is 11.2 Å². The van der Waals surface area contributed by atoms with Crippen molar-refractivity contribution in [3.8, 4) is 22.3 Å². The van der Waals surface area contributed by atoms with Crippen LogP contribution >= 0.6 is 11.8 Å². The third kappa shape index (κ3) is 6.70. The van der Waals surface area contributed by atoms with E-state index in [9.17, 15) is 0 Å². The lowest BCUT2D eigenvalue weighted by atomic mass is 9.78. The minimum absolute atomic E-state index is 0.0851. The third-order valence-corrected chi connectivity index (χ3v) is 16.2. The van der Waals surface area contributed by atoms with Crippen LogP contribution in [0, 0.1) is 0 Å². The Labute approximate surface area is 426 Å². The van der Waals surface area contributed by atoms with E-state index in [0.29, 0.717) is 0 Å². The molecule has 2 aromatic heterocycles. The standard InChI is InChI=1S/C68H44N2O2S/c1-3-19-43(20-4-1)45-23-15-25-47(39-45)69(57-35-17-33-55-51-29-11-13-37-61(51)71-67(55)57)59-41-63-65(53-31-9-7-27-49(53)59)66-54-32-10-8-28-50(54)60(42-64(66)73-63)70(48-26-16-24-46(40-48)44-21-5-2-6-22-44)58-36-18-34-56-52-30-12-14-38-62(52)72-68(56)58/h1-42,63,65H. The lowest BCUT2D eigenvalue weighted by Crippen LogP contribution is -2.24. The van der Waals surface area contributed by atoms with Crippen LogP contribution in [0.15, 0.2) is 269 Å². The second kappa shape index (κ2) is 16.8. The van der Waals surface area contributed by atoms with Crippen LogP contribution in [0.25, 0.3) is 82.6 Å². The Balaban J connectivity index is 0.946. The summed E-state index contributed by atoms with van der Waals surface area (Å²) < 4.78 is 13.7. The van der Waals surface area contributed by atoms with Crippen LogP contribution in [0.4, 0.5) is 28.4 Å². The number of hydrogen-bond acceptors (Lipinski definition) is 5.